The fraction of sp³-hybridized carbons (Fsp3) is 0.200. The first kappa shape index (κ1) is 8.63. The van der Waals surface area contributed by atoms with E-state index in [2.05, 4.69) is 27.0 Å². The molecule has 68 valence electrons. The summed E-state index contributed by atoms with van der Waals surface area (Å²) < 4.78 is 6.53. The number of aromatic amines is 1. The number of aromatic nitrogens is 1. The molecule has 2 nitrogen and oxygen atoms in total. The second-order valence-corrected chi connectivity index (χ2v) is 3.69. The van der Waals surface area contributed by atoms with Crippen molar-refractivity contribution in [3.05, 3.63) is 28.9 Å². The summed E-state index contributed by atoms with van der Waals surface area (Å²) in [4.78, 5) is 3.15. The number of halogens is 1. The van der Waals surface area contributed by atoms with Gasteiger partial charge in [0.05, 0.1) is 6.61 Å². The monoisotopic (exact) mass is 239 g/mol. The lowest BCUT2D eigenvalue weighted by atomic mass is 10.2. The predicted molar refractivity (Wildman–Crippen MR) is 57.2 cm³/mol. The van der Waals surface area contributed by atoms with Crippen LogP contribution in [0.3, 0.4) is 0 Å². The zero-order valence-corrected chi connectivity index (χ0v) is 8.89. The van der Waals surface area contributed by atoms with Crippen molar-refractivity contribution in [2.24, 2.45) is 0 Å². The van der Waals surface area contributed by atoms with Gasteiger partial charge in [-0.15, -0.1) is 0 Å². The van der Waals surface area contributed by atoms with Gasteiger partial charge in [0.2, 0.25) is 0 Å². The van der Waals surface area contributed by atoms with Gasteiger partial charge in [-0.1, -0.05) is 15.9 Å². The van der Waals surface area contributed by atoms with Crippen molar-refractivity contribution >= 4 is 26.8 Å². The van der Waals surface area contributed by atoms with E-state index >= 15 is 0 Å². The van der Waals surface area contributed by atoms with Crippen LogP contribution in [-0.4, -0.2) is 11.6 Å². The lowest BCUT2D eigenvalue weighted by Crippen LogP contribution is -1.89. The Kier molecular flexibility index (Phi) is 2.27. The number of rotatable bonds is 2. The Hall–Kier alpha value is -0.960. The summed E-state index contributed by atoms with van der Waals surface area (Å²) in [7, 11) is 0. The van der Waals surface area contributed by atoms with Crippen LogP contribution in [0, 0.1) is 0 Å². The summed E-state index contributed by atoms with van der Waals surface area (Å²) in [6.07, 6.45) is 1.89. The van der Waals surface area contributed by atoms with Crippen molar-refractivity contribution < 1.29 is 4.74 Å². The number of hydrogen-bond acceptors (Lipinski definition) is 1. The van der Waals surface area contributed by atoms with Crippen LogP contribution in [0.5, 0.6) is 5.75 Å². The standard InChI is InChI=1S/C10H10BrNO/c1-2-13-10-6-12-9-4-3-7(11)5-8(9)10/h3-6,12H,2H2,1H3. The number of hydrogen-bond donors (Lipinski definition) is 1. The molecule has 1 N–H and O–H groups in total. The van der Waals surface area contributed by atoms with Gasteiger partial charge in [0.15, 0.2) is 0 Å². The van der Waals surface area contributed by atoms with Gasteiger partial charge in [-0.05, 0) is 25.1 Å². The molecular formula is C10H10BrNO. The molecule has 1 aromatic carbocycles. The number of fused-ring (bicyclic) bond motifs is 1. The molecule has 0 saturated heterocycles. The zero-order chi connectivity index (χ0) is 9.26. The summed E-state index contributed by atoms with van der Waals surface area (Å²) in [5.41, 5.74) is 1.10. The van der Waals surface area contributed by atoms with Crippen LogP contribution >= 0.6 is 15.9 Å². The molecule has 0 atom stereocenters. The van der Waals surface area contributed by atoms with Crippen LogP contribution in [0.15, 0.2) is 28.9 Å². The highest BCUT2D eigenvalue weighted by Crippen LogP contribution is 2.27. The van der Waals surface area contributed by atoms with Crippen LogP contribution in [0.4, 0.5) is 0 Å². The lowest BCUT2D eigenvalue weighted by molar-refractivity contribution is 0.344. The third kappa shape index (κ3) is 1.56. The van der Waals surface area contributed by atoms with Gasteiger partial charge in [-0.25, -0.2) is 0 Å². The van der Waals surface area contributed by atoms with E-state index in [1.807, 2.05) is 25.3 Å². The third-order valence-electron chi connectivity index (χ3n) is 1.91. The van der Waals surface area contributed by atoms with E-state index in [-0.39, 0.29) is 0 Å². The summed E-state index contributed by atoms with van der Waals surface area (Å²) in [6, 6.07) is 6.09. The van der Waals surface area contributed by atoms with Gasteiger partial charge in [0.25, 0.3) is 0 Å². The van der Waals surface area contributed by atoms with Gasteiger partial charge in [0.1, 0.15) is 5.75 Å². The van der Waals surface area contributed by atoms with Crippen molar-refractivity contribution in [1.29, 1.82) is 0 Å². The fourth-order valence-corrected chi connectivity index (χ4v) is 1.70. The molecule has 0 aliphatic rings. The maximum atomic E-state index is 5.46. The average Bonchev–Trinajstić information content (AvgIpc) is 2.49. The molecule has 0 amide bonds. The smallest absolute Gasteiger partial charge is 0.144 e. The average molecular weight is 240 g/mol. The van der Waals surface area contributed by atoms with Crippen molar-refractivity contribution in [3.8, 4) is 5.75 Å². The molecule has 13 heavy (non-hydrogen) atoms. The molecule has 0 aliphatic heterocycles. The summed E-state index contributed by atoms with van der Waals surface area (Å²) in [6.45, 7) is 2.68. The first-order valence-corrected chi connectivity index (χ1v) is 5.00. The van der Waals surface area contributed by atoms with E-state index < -0.39 is 0 Å². The quantitative estimate of drug-likeness (QED) is 0.855. The van der Waals surface area contributed by atoms with E-state index in [4.69, 9.17) is 4.74 Å². The molecular weight excluding hydrogens is 230 g/mol. The van der Waals surface area contributed by atoms with Gasteiger partial charge >= 0.3 is 0 Å². The maximum absolute atomic E-state index is 5.46. The van der Waals surface area contributed by atoms with E-state index in [1.165, 1.54) is 0 Å². The molecule has 2 rings (SSSR count). The molecule has 0 aliphatic carbocycles. The van der Waals surface area contributed by atoms with Crippen molar-refractivity contribution in [2.45, 2.75) is 6.92 Å². The van der Waals surface area contributed by atoms with Crippen LogP contribution in [0.1, 0.15) is 6.92 Å². The molecule has 0 unspecified atom stereocenters. The molecule has 0 fully saturated rings. The molecule has 3 heteroatoms. The third-order valence-corrected chi connectivity index (χ3v) is 2.40. The van der Waals surface area contributed by atoms with E-state index in [0.29, 0.717) is 6.61 Å². The van der Waals surface area contributed by atoms with Gasteiger partial charge in [-0.2, -0.15) is 0 Å². The minimum absolute atomic E-state index is 0.694. The van der Waals surface area contributed by atoms with E-state index in [0.717, 1.165) is 21.1 Å². The van der Waals surface area contributed by atoms with Crippen LogP contribution in [-0.2, 0) is 0 Å². The number of nitrogens with one attached hydrogen (secondary N) is 1. The summed E-state index contributed by atoms with van der Waals surface area (Å²) in [5.74, 6) is 0.916. The largest absolute Gasteiger partial charge is 0.492 e. The van der Waals surface area contributed by atoms with E-state index in [9.17, 15) is 0 Å². The number of H-pyrrole nitrogens is 1. The van der Waals surface area contributed by atoms with Crippen molar-refractivity contribution in [2.75, 3.05) is 6.61 Å². The minimum atomic E-state index is 0.694. The molecule has 2 aromatic rings. The second-order valence-electron chi connectivity index (χ2n) is 2.78. The fourth-order valence-electron chi connectivity index (χ4n) is 1.34. The Morgan fingerprint density at radius 2 is 2.31 bits per heavy atom. The predicted octanol–water partition coefficient (Wildman–Crippen LogP) is 3.33. The number of benzene rings is 1. The van der Waals surface area contributed by atoms with Crippen molar-refractivity contribution in [3.63, 3.8) is 0 Å². The van der Waals surface area contributed by atoms with Crippen molar-refractivity contribution in [1.82, 2.24) is 4.98 Å². The molecule has 0 saturated carbocycles. The molecule has 0 spiro atoms. The highest BCUT2D eigenvalue weighted by atomic mass is 79.9. The first-order chi connectivity index (χ1) is 6.31. The van der Waals surface area contributed by atoms with Gasteiger partial charge in [0, 0.05) is 21.6 Å². The molecule has 1 heterocycles. The zero-order valence-electron chi connectivity index (χ0n) is 7.30. The first-order valence-electron chi connectivity index (χ1n) is 4.20. The van der Waals surface area contributed by atoms with E-state index in [1.54, 1.807) is 0 Å². The lowest BCUT2D eigenvalue weighted by Gasteiger charge is -1.99. The second kappa shape index (κ2) is 3.42. The normalized spacial score (nSPS) is 10.6. The Balaban J connectivity index is 2.58. The topological polar surface area (TPSA) is 25.0 Å². The SMILES string of the molecule is CCOc1c[nH]c2ccc(Br)cc12. The Labute approximate surface area is 85.0 Å². The van der Waals surface area contributed by atoms with Crippen LogP contribution < -0.4 is 4.74 Å². The highest BCUT2D eigenvalue weighted by Gasteiger charge is 2.03. The maximum Gasteiger partial charge on any atom is 0.144 e. The highest BCUT2D eigenvalue weighted by molar-refractivity contribution is 9.10. The molecule has 0 bridgehead atoms. The van der Waals surface area contributed by atoms with Gasteiger partial charge in [-0.3, -0.25) is 0 Å². The van der Waals surface area contributed by atoms with Crippen LogP contribution in [0.2, 0.25) is 0 Å². The number of ether oxygens (including phenoxy) is 1. The molecule has 1 aromatic heterocycles. The van der Waals surface area contributed by atoms with Crippen LogP contribution in [0.25, 0.3) is 10.9 Å². The summed E-state index contributed by atoms with van der Waals surface area (Å²) >= 11 is 3.43. The molecule has 0 radical (unpaired) electrons. The minimum Gasteiger partial charge on any atom is -0.492 e. The Morgan fingerprint density at radius 1 is 1.46 bits per heavy atom. The summed E-state index contributed by atoms with van der Waals surface area (Å²) in [5, 5.41) is 1.12. The Morgan fingerprint density at radius 3 is 3.08 bits per heavy atom. The van der Waals surface area contributed by atoms with Gasteiger partial charge < -0.3 is 9.72 Å². The Bertz CT molecular complexity index is 422.